The molecule has 0 saturated heterocycles. The van der Waals surface area contributed by atoms with Crippen LogP contribution in [0.1, 0.15) is 34.8 Å². The fourth-order valence-corrected chi connectivity index (χ4v) is 4.36. The molecule has 0 aliphatic heterocycles. The molecule has 4 rings (SSSR count). The van der Waals surface area contributed by atoms with E-state index in [9.17, 15) is 35.5 Å². The highest BCUT2D eigenvalue weighted by molar-refractivity contribution is 5.92. The lowest BCUT2D eigenvalue weighted by Gasteiger charge is -2.12. The number of carbonyl (C=O) groups is 1. The van der Waals surface area contributed by atoms with E-state index in [1.165, 1.54) is 24.3 Å². The minimum atomic E-state index is -2.82. The average molecular weight is 591 g/mol. The van der Waals surface area contributed by atoms with Crippen molar-refractivity contribution >= 4 is 5.97 Å². The number of benzene rings is 4. The Bertz CT molecular complexity index is 1620. The first-order valence-corrected chi connectivity index (χ1v) is 12.7. The molecule has 0 aromatic heterocycles. The number of hydrogen-bond acceptors (Lipinski definition) is 2. The van der Waals surface area contributed by atoms with Gasteiger partial charge < -0.3 is 4.74 Å². The van der Waals surface area contributed by atoms with Crippen LogP contribution in [0.3, 0.4) is 0 Å². The summed E-state index contributed by atoms with van der Waals surface area (Å²) in [5.74, 6) is -9.16. The van der Waals surface area contributed by atoms with E-state index in [1.54, 1.807) is 6.07 Å². The number of alkyl halides is 2. The molecule has 0 amide bonds. The van der Waals surface area contributed by atoms with Gasteiger partial charge in [0.1, 0.15) is 46.2 Å². The number of esters is 1. The van der Waals surface area contributed by atoms with E-state index < -0.39 is 70.6 Å². The molecule has 0 N–H and O–H groups in total. The van der Waals surface area contributed by atoms with E-state index in [2.05, 4.69) is 0 Å². The molecule has 42 heavy (non-hydrogen) atoms. The molecule has 0 heterocycles. The van der Waals surface area contributed by atoms with Crippen LogP contribution in [0.5, 0.6) is 5.75 Å². The van der Waals surface area contributed by atoms with E-state index in [-0.39, 0.29) is 22.3 Å². The van der Waals surface area contributed by atoms with Crippen molar-refractivity contribution in [2.75, 3.05) is 0 Å². The van der Waals surface area contributed by atoms with Crippen molar-refractivity contribution in [3.63, 3.8) is 0 Å². The van der Waals surface area contributed by atoms with E-state index in [0.717, 1.165) is 24.1 Å². The number of ether oxygens (including phenoxy) is 1. The molecule has 218 valence electrons. The predicted octanol–water partition coefficient (Wildman–Crippen LogP) is 9.39. The largest absolute Gasteiger partial charge is 0.423 e. The summed E-state index contributed by atoms with van der Waals surface area (Å²) in [6.45, 7) is 1.95. The fraction of sp³-hybridized carbons (Fsp3) is 0.156. The Kier molecular flexibility index (Phi) is 9.45. The lowest BCUT2D eigenvalue weighted by atomic mass is 9.97. The third kappa shape index (κ3) is 6.87. The molecule has 4 aromatic carbocycles. The second kappa shape index (κ2) is 13.0. The van der Waals surface area contributed by atoms with Gasteiger partial charge in [0.15, 0.2) is 0 Å². The maximum atomic E-state index is 15.0. The smallest absolute Gasteiger partial charge is 0.349 e. The van der Waals surface area contributed by atoms with Crippen LogP contribution in [-0.4, -0.2) is 12.4 Å². The van der Waals surface area contributed by atoms with Crippen LogP contribution in [0.25, 0.3) is 22.3 Å². The van der Waals surface area contributed by atoms with Crippen molar-refractivity contribution in [1.82, 2.24) is 0 Å². The second-order valence-electron chi connectivity index (χ2n) is 9.30. The summed E-state index contributed by atoms with van der Waals surface area (Å²) in [5.41, 5.74) is -1.17. The number of allylic oxidation sites excluding steroid dienone is 2. The Labute approximate surface area is 235 Å². The predicted molar refractivity (Wildman–Crippen MR) is 141 cm³/mol. The quantitative estimate of drug-likeness (QED) is 0.0841. The molecule has 0 aliphatic carbocycles. The number of aryl methyl sites for hydroxylation is 1. The number of carbonyl (C=O) groups excluding carboxylic acids is 1. The van der Waals surface area contributed by atoms with Crippen LogP contribution in [0.15, 0.2) is 72.8 Å². The van der Waals surface area contributed by atoms with Gasteiger partial charge >= 0.3 is 5.97 Å². The Morgan fingerprint density at radius 1 is 0.738 bits per heavy atom. The summed E-state index contributed by atoms with van der Waals surface area (Å²) in [6.07, 6.45) is -0.548. The summed E-state index contributed by atoms with van der Waals surface area (Å²) in [4.78, 5) is 12.5. The first-order chi connectivity index (χ1) is 20.0. The summed E-state index contributed by atoms with van der Waals surface area (Å²) >= 11 is 0. The highest BCUT2D eigenvalue weighted by Crippen LogP contribution is 2.32. The summed E-state index contributed by atoms with van der Waals surface area (Å²) in [6, 6.07) is 10.7. The average Bonchev–Trinajstić information content (AvgIpc) is 2.90. The van der Waals surface area contributed by atoms with Crippen molar-refractivity contribution in [3.05, 3.63) is 124 Å². The van der Waals surface area contributed by atoms with Gasteiger partial charge in [0, 0.05) is 28.8 Å². The van der Waals surface area contributed by atoms with Gasteiger partial charge in [0.05, 0.1) is 0 Å². The molecule has 0 aliphatic rings. The highest BCUT2D eigenvalue weighted by atomic mass is 19.3. The normalized spacial score (nSPS) is 11.5. The summed E-state index contributed by atoms with van der Waals surface area (Å²) < 4.78 is 117. The summed E-state index contributed by atoms with van der Waals surface area (Å²) in [7, 11) is 0. The van der Waals surface area contributed by atoms with E-state index in [4.69, 9.17) is 4.74 Å². The van der Waals surface area contributed by atoms with Gasteiger partial charge in [0.25, 0.3) is 6.43 Å². The van der Waals surface area contributed by atoms with Gasteiger partial charge in [-0.15, -0.1) is 0 Å². The highest BCUT2D eigenvalue weighted by Gasteiger charge is 2.23. The summed E-state index contributed by atoms with van der Waals surface area (Å²) in [5, 5.41) is 0. The van der Waals surface area contributed by atoms with Crippen molar-refractivity contribution in [3.8, 4) is 28.0 Å². The lowest BCUT2D eigenvalue weighted by Crippen LogP contribution is -2.14. The fourth-order valence-electron chi connectivity index (χ4n) is 4.36. The Balaban J connectivity index is 1.56. The molecule has 2 nitrogen and oxygen atoms in total. The van der Waals surface area contributed by atoms with Crippen molar-refractivity contribution < 1.29 is 44.7 Å². The van der Waals surface area contributed by atoms with Crippen LogP contribution in [-0.2, 0) is 12.8 Å². The van der Waals surface area contributed by atoms with Crippen molar-refractivity contribution in [2.45, 2.75) is 32.6 Å². The Morgan fingerprint density at radius 2 is 1.31 bits per heavy atom. The van der Waals surface area contributed by atoms with Gasteiger partial charge in [-0.05, 0) is 59.9 Å². The minimum absolute atomic E-state index is 0.140. The maximum Gasteiger partial charge on any atom is 0.349 e. The number of halogens is 8. The topological polar surface area (TPSA) is 26.3 Å². The van der Waals surface area contributed by atoms with Crippen LogP contribution in [0.4, 0.5) is 35.1 Å². The van der Waals surface area contributed by atoms with Crippen molar-refractivity contribution in [2.24, 2.45) is 0 Å². The number of hydrogen-bond donors (Lipinski definition) is 0. The third-order valence-electron chi connectivity index (χ3n) is 6.34. The first kappa shape index (κ1) is 30.5. The van der Waals surface area contributed by atoms with E-state index in [1.807, 2.05) is 6.92 Å². The van der Waals surface area contributed by atoms with E-state index in [0.29, 0.717) is 36.8 Å². The van der Waals surface area contributed by atoms with Crippen LogP contribution in [0, 0.1) is 34.9 Å². The zero-order chi connectivity index (χ0) is 30.6. The number of rotatable bonds is 9. The monoisotopic (exact) mass is 590 g/mol. The zero-order valence-corrected chi connectivity index (χ0v) is 22.0. The molecule has 0 bridgehead atoms. The van der Waals surface area contributed by atoms with Gasteiger partial charge in [-0.1, -0.05) is 43.7 Å². The molecule has 4 aromatic rings. The van der Waals surface area contributed by atoms with Crippen molar-refractivity contribution in [1.29, 1.82) is 0 Å². The third-order valence-corrected chi connectivity index (χ3v) is 6.34. The molecule has 0 atom stereocenters. The molecule has 0 radical (unpaired) electrons. The van der Waals surface area contributed by atoms with Gasteiger partial charge in [-0.25, -0.2) is 39.9 Å². The molecular weight excluding hydrogens is 568 g/mol. The molecule has 0 spiro atoms. The lowest BCUT2D eigenvalue weighted by molar-refractivity contribution is 0.0723. The molecular formula is C32H22F8O2. The Morgan fingerprint density at radius 3 is 1.88 bits per heavy atom. The maximum absolute atomic E-state index is 15.0. The standard InChI is InChI=1S/C32H22F8O2/c1-2-4-17-7-9-21(24(33)11-17)18-8-10-22(25(34)12-18)19-13-28(37)31(29(38)14-19)32(41)42-20-15-26(35)23(27(36)16-20)5-3-6-30(39)40/h3,6-16,30H,2,4-5H2,1H3. The second-order valence-corrected chi connectivity index (χ2v) is 9.30. The molecule has 0 fully saturated rings. The van der Waals surface area contributed by atoms with Gasteiger partial charge in [0.2, 0.25) is 0 Å². The van der Waals surface area contributed by atoms with Crippen LogP contribution in [0.2, 0.25) is 0 Å². The molecule has 10 heteroatoms. The van der Waals surface area contributed by atoms with Crippen LogP contribution >= 0.6 is 0 Å². The zero-order valence-electron chi connectivity index (χ0n) is 22.0. The SMILES string of the molecule is CCCc1ccc(-c2ccc(-c3cc(F)c(C(=O)Oc4cc(F)c(CC=CC(F)F)c(F)c4)c(F)c3)c(F)c2)c(F)c1. The first-order valence-electron chi connectivity index (χ1n) is 12.7. The molecule has 0 saturated carbocycles. The molecule has 0 unspecified atom stereocenters. The van der Waals surface area contributed by atoms with Crippen LogP contribution < -0.4 is 4.74 Å². The minimum Gasteiger partial charge on any atom is -0.423 e. The van der Waals surface area contributed by atoms with E-state index >= 15 is 4.39 Å². The van der Waals surface area contributed by atoms with Gasteiger partial charge in [-0.2, -0.15) is 0 Å². The van der Waals surface area contributed by atoms with Gasteiger partial charge in [-0.3, -0.25) is 0 Å². The Hall–Kier alpha value is -4.47.